The van der Waals surface area contributed by atoms with Gasteiger partial charge in [-0.25, -0.2) is 4.98 Å². The highest BCUT2D eigenvalue weighted by Crippen LogP contribution is 2.52. The van der Waals surface area contributed by atoms with Gasteiger partial charge in [-0.3, -0.25) is 4.79 Å². The molecule has 130 valence electrons. The van der Waals surface area contributed by atoms with Crippen LogP contribution in [0.3, 0.4) is 0 Å². The predicted octanol–water partition coefficient (Wildman–Crippen LogP) is 4.28. The van der Waals surface area contributed by atoms with Gasteiger partial charge in [0.05, 0.1) is 5.92 Å². The van der Waals surface area contributed by atoms with Gasteiger partial charge in [0.1, 0.15) is 5.03 Å². The van der Waals surface area contributed by atoms with E-state index in [1.807, 2.05) is 32.2 Å². The van der Waals surface area contributed by atoms with Crippen LogP contribution >= 0.6 is 21.6 Å². The lowest BCUT2D eigenvalue weighted by molar-refractivity contribution is -0.147. The molecular formula is C17H28N2O2S2. The Labute approximate surface area is 147 Å². The van der Waals surface area contributed by atoms with Crippen molar-refractivity contribution < 1.29 is 9.90 Å². The molecule has 0 saturated carbocycles. The first-order valence-electron chi connectivity index (χ1n) is 7.80. The molecule has 0 fully saturated rings. The van der Waals surface area contributed by atoms with E-state index in [2.05, 4.69) is 37.6 Å². The zero-order valence-corrected chi connectivity index (χ0v) is 16.5. The Morgan fingerprint density at radius 3 is 2.48 bits per heavy atom. The van der Waals surface area contributed by atoms with Gasteiger partial charge in [-0.15, -0.1) is 0 Å². The van der Waals surface area contributed by atoms with Crippen LogP contribution in [0.15, 0.2) is 29.4 Å². The molecule has 0 aliphatic carbocycles. The molecule has 0 spiro atoms. The van der Waals surface area contributed by atoms with Crippen molar-refractivity contribution in [1.29, 1.82) is 0 Å². The van der Waals surface area contributed by atoms with Gasteiger partial charge in [-0.1, -0.05) is 37.6 Å². The van der Waals surface area contributed by atoms with Crippen molar-refractivity contribution in [3.8, 4) is 0 Å². The Hall–Kier alpha value is -0.720. The minimum Gasteiger partial charge on any atom is -0.481 e. The van der Waals surface area contributed by atoms with Gasteiger partial charge in [0.2, 0.25) is 0 Å². The van der Waals surface area contributed by atoms with Crippen LogP contribution in [0.4, 0.5) is 0 Å². The first-order chi connectivity index (χ1) is 10.6. The predicted molar refractivity (Wildman–Crippen MR) is 99.8 cm³/mol. The number of aliphatic carboxylic acids is 1. The van der Waals surface area contributed by atoms with Gasteiger partial charge in [-0.2, -0.15) is 0 Å². The van der Waals surface area contributed by atoms with Crippen molar-refractivity contribution in [2.45, 2.75) is 44.4 Å². The summed E-state index contributed by atoms with van der Waals surface area (Å²) in [6.07, 6.45) is 1.78. The molecular weight excluding hydrogens is 328 g/mol. The number of carbonyl (C=O) groups is 1. The van der Waals surface area contributed by atoms with Crippen LogP contribution in [-0.2, 0) is 4.79 Å². The fourth-order valence-corrected chi connectivity index (χ4v) is 4.84. The van der Waals surface area contributed by atoms with E-state index in [1.165, 1.54) is 0 Å². The van der Waals surface area contributed by atoms with E-state index in [-0.39, 0.29) is 10.2 Å². The molecule has 1 heterocycles. The highest BCUT2D eigenvalue weighted by molar-refractivity contribution is 8.77. The molecule has 6 heteroatoms. The summed E-state index contributed by atoms with van der Waals surface area (Å²) in [6, 6.07) is 5.83. The van der Waals surface area contributed by atoms with Crippen molar-refractivity contribution in [2.75, 3.05) is 20.1 Å². The van der Waals surface area contributed by atoms with E-state index in [9.17, 15) is 9.90 Å². The molecule has 0 saturated heterocycles. The molecule has 0 bridgehead atoms. The van der Waals surface area contributed by atoms with Crippen molar-refractivity contribution in [1.82, 2.24) is 9.88 Å². The van der Waals surface area contributed by atoms with Crippen LogP contribution in [0, 0.1) is 11.3 Å². The highest BCUT2D eigenvalue weighted by atomic mass is 33.1. The first kappa shape index (κ1) is 20.3. The van der Waals surface area contributed by atoms with E-state index in [0.717, 1.165) is 11.6 Å². The van der Waals surface area contributed by atoms with Gasteiger partial charge in [-0.05, 0) is 55.8 Å². The highest BCUT2D eigenvalue weighted by Gasteiger charge is 2.47. The van der Waals surface area contributed by atoms with Gasteiger partial charge >= 0.3 is 5.97 Å². The second-order valence-corrected chi connectivity index (χ2v) is 9.58. The molecule has 0 radical (unpaired) electrons. The summed E-state index contributed by atoms with van der Waals surface area (Å²) in [4.78, 5) is 18.2. The van der Waals surface area contributed by atoms with Gasteiger partial charge in [0, 0.05) is 17.5 Å². The molecule has 0 aromatic carbocycles. The number of carboxylic acid groups (broad SMARTS) is 1. The van der Waals surface area contributed by atoms with Gasteiger partial charge < -0.3 is 10.0 Å². The van der Waals surface area contributed by atoms with Crippen molar-refractivity contribution >= 4 is 27.6 Å². The second-order valence-electron chi connectivity index (χ2n) is 6.81. The van der Waals surface area contributed by atoms with Crippen LogP contribution < -0.4 is 0 Å². The van der Waals surface area contributed by atoms with E-state index < -0.39 is 11.9 Å². The summed E-state index contributed by atoms with van der Waals surface area (Å²) in [6.45, 7) is 11.8. The Kier molecular flexibility index (Phi) is 7.42. The maximum absolute atomic E-state index is 11.9. The fraction of sp³-hybridized carbons (Fsp3) is 0.647. The fourth-order valence-electron chi connectivity index (χ4n) is 2.13. The Morgan fingerprint density at radius 2 is 2.00 bits per heavy atom. The quantitative estimate of drug-likeness (QED) is 0.667. The van der Waals surface area contributed by atoms with Crippen molar-refractivity contribution in [3.05, 3.63) is 24.4 Å². The number of rotatable bonds is 9. The molecule has 1 aromatic rings. The lowest BCUT2D eigenvalue weighted by Crippen LogP contribution is -2.49. The first-order valence-corrected chi connectivity index (χ1v) is 9.95. The zero-order chi connectivity index (χ0) is 17.7. The molecule has 1 rings (SSSR count). The molecule has 0 aliphatic heterocycles. The SMILES string of the molecule is CCN(C)CC(C(=O)O)C(C)(C)C(C)(C)SSc1ccccn1. The number of aromatic nitrogens is 1. The molecule has 1 N–H and O–H groups in total. The summed E-state index contributed by atoms with van der Waals surface area (Å²) >= 11 is 0. The van der Waals surface area contributed by atoms with E-state index in [4.69, 9.17) is 0 Å². The van der Waals surface area contributed by atoms with Crippen LogP contribution in [0.25, 0.3) is 0 Å². The summed E-state index contributed by atoms with van der Waals surface area (Å²) < 4.78 is -0.229. The third-order valence-corrected chi connectivity index (χ3v) is 8.18. The van der Waals surface area contributed by atoms with Crippen LogP contribution in [-0.4, -0.2) is 45.8 Å². The van der Waals surface area contributed by atoms with Gasteiger partial charge in [0.15, 0.2) is 0 Å². The Bertz CT molecular complexity index is 507. The van der Waals surface area contributed by atoms with Gasteiger partial charge in [0.25, 0.3) is 0 Å². The smallest absolute Gasteiger partial charge is 0.308 e. The molecule has 0 amide bonds. The lowest BCUT2D eigenvalue weighted by atomic mass is 9.69. The molecule has 4 nitrogen and oxygen atoms in total. The minimum atomic E-state index is -0.730. The summed E-state index contributed by atoms with van der Waals surface area (Å²) in [5.74, 6) is -1.16. The maximum Gasteiger partial charge on any atom is 0.308 e. The van der Waals surface area contributed by atoms with E-state index in [1.54, 1.807) is 27.8 Å². The van der Waals surface area contributed by atoms with E-state index >= 15 is 0 Å². The van der Waals surface area contributed by atoms with Crippen LogP contribution in [0.1, 0.15) is 34.6 Å². The van der Waals surface area contributed by atoms with Crippen molar-refractivity contribution in [2.24, 2.45) is 11.3 Å². The number of carboxylic acids is 1. The molecule has 1 atom stereocenters. The monoisotopic (exact) mass is 356 g/mol. The maximum atomic E-state index is 11.9. The molecule has 0 aliphatic rings. The minimum absolute atomic E-state index is 0.229. The zero-order valence-electron chi connectivity index (χ0n) is 14.9. The summed E-state index contributed by atoms with van der Waals surface area (Å²) in [7, 11) is 5.27. The normalized spacial score (nSPS) is 14.0. The largest absolute Gasteiger partial charge is 0.481 e. The van der Waals surface area contributed by atoms with Crippen molar-refractivity contribution in [3.63, 3.8) is 0 Å². The average molecular weight is 357 g/mol. The number of pyridine rings is 1. The summed E-state index contributed by atoms with van der Waals surface area (Å²) in [5, 5.41) is 10.7. The van der Waals surface area contributed by atoms with E-state index in [0.29, 0.717) is 6.54 Å². The number of hydrogen-bond acceptors (Lipinski definition) is 5. The second kappa shape index (κ2) is 8.40. The lowest BCUT2D eigenvalue weighted by Gasteiger charge is -2.45. The number of nitrogens with zero attached hydrogens (tertiary/aromatic N) is 2. The Balaban J connectivity index is 2.89. The topological polar surface area (TPSA) is 53.4 Å². The van der Waals surface area contributed by atoms with Crippen LogP contribution in [0.5, 0.6) is 0 Å². The molecule has 23 heavy (non-hydrogen) atoms. The third kappa shape index (κ3) is 5.40. The van der Waals surface area contributed by atoms with Crippen LogP contribution in [0.2, 0.25) is 0 Å². The average Bonchev–Trinajstić information content (AvgIpc) is 2.50. The summed E-state index contributed by atoms with van der Waals surface area (Å²) in [5.41, 5.74) is -0.380. The number of hydrogen-bond donors (Lipinski definition) is 1. The molecule has 1 unspecified atom stereocenters. The molecule has 1 aromatic heterocycles. The standard InChI is InChI=1S/C17H28N2O2S2/c1-7-19(6)12-13(15(20)21)16(2,3)17(4,5)23-22-14-10-8-9-11-18-14/h8-11,13H,7,12H2,1-6H3,(H,20,21). The Morgan fingerprint density at radius 1 is 1.35 bits per heavy atom. The third-order valence-electron chi connectivity index (χ3n) is 4.73.